The van der Waals surface area contributed by atoms with E-state index in [0.717, 1.165) is 79.7 Å². The highest BCUT2D eigenvalue weighted by molar-refractivity contribution is 5.74. The van der Waals surface area contributed by atoms with E-state index in [2.05, 4.69) is 43.3 Å². The summed E-state index contributed by atoms with van der Waals surface area (Å²) in [6, 6.07) is 28.2. The summed E-state index contributed by atoms with van der Waals surface area (Å²) < 4.78 is 18.6. The SMILES string of the molecule is CCCc1ccc(CCc2nc(OCC3CCCCO3)cc(OCc3ccccc3)c2-c2ccc(O)cc2)cc1. The number of aromatic nitrogens is 1. The molecule has 40 heavy (non-hydrogen) atoms. The van der Waals surface area contributed by atoms with Gasteiger partial charge in [0.2, 0.25) is 5.88 Å². The lowest BCUT2D eigenvalue weighted by atomic mass is 9.97. The fourth-order valence-corrected chi connectivity index (χ4v) is 5.13. The Morgan fingerprint density at radius 1 is 0.825 bits per heavy atom. The molecule has 1 saturated heterocycles. The number of hydrogen-bond acceptors (Lipinski definition) is 5. The second-order valence-electron chi connectivity index (χ2n) is 10.5. The minimum atomic E-state index is 0.0890. The normalized spacial score (nSPS) is 15.1. The van der Waals surface area contributed by atoms with E-state index in [1.165, 1.54) is 11.1 Å². The van der Waals surface area contributed by atoms with Crippen LogP contribution in [0, 0.1) is 0 Å². The van der Waals surface area contributed by atoms with Crippen LogP contribution in [0.5, 0.6) is 17.4 Å². The van der Waals surface area contributed by atoms with E-state index in [4.69, 9.17) is 19.2 Å². The van der Waals surface area contributed by atoms with E-state index in [9.17, 15) is 5.11 Å². The molecule has 5 rings (SSSR count). The minimum Gasteiger partial charge on any atom is -0.508 e. The summed E-state index contributed by atoms with van der Waals surface area (Å²) in [4.78, 5) is 5.01. The summed E-state index contributed by atoms with van der Waals surface area (Å²) in [5.74, 6) is 1.50. The van der Waals surface area contributed by atoms with Crippen molar-refractivity contribution < 1.29 is 19.3 Å². The molecule has 1 atom stereocenters. The van der Waals surface area contributed by atoms with Crippen LogP contribution in [0.4, 0.5) is 0 Å². The predicted octanol–water partition coefficient (Wildman–Crippen LogP) is 7.72. The molecule has 5 nitrogen and oxygen atoms in total. The average molecular weight is 538 g/mol. The quantitative estimate of drug-likeness (QED) is 0.200. The van der Waals surface area contributed by atoms with Gasteiger partial charge >= 0.3 is 0 Å². The van der Waals surface area contributed by atoms with E-state index >= 15 is 0 Å². The molecule has 0 spiro atoms. The number of pyridine rings is 1. The highest BCUT2D eigenvalue weighted by Gasteiger charge is 2.20. The number of aromatic hydroxyl groups is 1. The first-order chi connectivity index (χ1) is 19.7. The van der Waals surface area contributed by atoms with Crippen molar-refractivity contribution in [3.8, 4) is 28.5 Å². The monoisotopic (exact) mass is 537 g/mol. The van der Waals surface area contributed by atoms with Gasteiger partial charge in [0.1, 0.15) is 24.7 Å². The molecule has 0 radical (unpaired) electrons. The molecule has 1 aromatic heterocycles. The molecule has 1 N–H and O–H groups in total. The van der Waals surface area contributed by atoms with Crippen LogP contribution in [-0.4, -0.2) is 29.4 Å². The molecule has 1 aliphatic heterocycles. The summed E-state index contributed by atoms with van der Waals surface area (Å²) in [5.41, 5.74) is 6.51. The Morgan fingerprint density at radius 2 is 1.57 bits per heavy atom. The smallest absolute Gasteiger partial charge is 0.217 e. The number of phenols is 1. The van der Waals surface area contributed by atoms with Gasteiger partial charge in [-0.2, -0.15) is 0 Å². The zero-order chi connectivity index (χ0) is 27.6. The number of aryl methyl sites for hydroxylation is 3. The van der Waals surface area contributed by atoms with Gasteiger partial charge in [0, 0.05) is 18.2 Å². The lowest BCUT2D eigenvalue weighted by Gasteiger charge is -2.23. The third-order valence-corrected chi connectivity index (χ3v) is 7.33. The van der Waals surface area contributed by atoms with Crippen molar-refractivity contribution in [2.45, 2.75) is 64.6 Å². The summed E-state index contributed by atoms with van der Waals surface area (Å²) in [5, 5.41) is 9.97. The van der Waals surface area contributed by atoms with Crippen LogP contribution < -0.4 is 9.47 Å². The molecule has 208 valence electrons. The van der Waals surface area contributed by atoms with E-state index < -0.39 is 0 Å². The molecular formula is C35H39NO4. The van der Waals surface area contributed by atoms with Crippen LogP contribution >= 0.6 is 0 Å². The van der Waals surface area contributed by atoms with Crippen molar-refractivity contribution in [1.82, 2.24) is 4.98 Å². The summed E-state index contributed by atoms with van der Waals surface area (Å²) in [7, 11) is 0. The lowest BCUT2D eigenvalue weighted by Crippen LogP contribution is -2.26. The second-order valence-corrected chi connectivity index (χ2v) is 10.5. The third-order valence-electron chi connectivity index (χ3n) is 7.33. The average Bonchev–Trinajstić information content (AvgIpc) is 3.00. The van der Waals surface area contributed by atoms with Gasteiger partial charge in [-0.25, -0.2) is 4.98 Å². The van der Waals surface area contributed by atoms with Crippen LogP contribution in [0.1, 0.15) is 55.0 Å². The zero-order valence-electron chi connectivity index (χ0n) is 23.4. The van der Waals surface area contributed by atoms with E-state index in [1.807, 2.05) is 36.4 Å². The highest BCUT2D eigenvalue weighted by Crippen LogP contribution is 2.37. The zero-order valence-corrected chi connectivity index (χ0v) is 23.4. The third kappa shape index (κ3) is 7.64. The van der Waals surface area contributed by atoms with Crippen LogP contribution in [0.2, 0.25) is 0 Å². The Labute approximate surface area is 237 Å². The fourth-order valence-electron chi connectivity index (χ4n) is 5.13. The van der Waals surface area contributed by atoms with Gasteiger partial charge in [-0.1, -0.05) is 80.1 Å². The molecule has 4 aromatic rings. The Morgan fingerprint density at radius 3 is 2.27 bits per heavy atom. The van der Waals surface area contributed by atoms with Gasteiger partial charge in [0.15, 0.2) is 0 Å². The van der Waals surface area contributed by atoms with Crippen molar-refractivity contribution in [3.05, 3.63) is 107 Å². The maximum Gasteiger partial charge on any atom is 0.217 e. The first kappa shape index (κ1) is 27.7. The van der Waals surface area contributed by atoms with Crippen molar-refractivity contribution in [3.63, 3.8) is 0 Å². The molecule has 0 bridgehead atoms. The van der Waals surface area contributed by atoms with Gasteiger partial charge in [-0.05, 0) is 72.9 Å². The second kappa shape index (κ2) is 14.0. The van der Waals surface area contributed by atoms with Crippen LogP contribution in [0.25, 0.3) is 11.1 Å². The van der Waals surface area contributed by atoms with Gasteiger partial charge in [-0.3, -0.25) is 0 Å². The highest BCUT2D eigenvalue weighted by atomic mass is 16.5. The van der Waals surface area contributed by atoms with Crippen molar-refractivity contribution >= 4 is 0 Å². The van der Waals surface area contributed by atoms with Crippen molar-refractivity contribution in [1.29, 1.82) is 0 Å². The van der Waals surface area contributed by atoms with Crippen LogP contribution in [-0.2, 0) is 30.6 Å². The molecule has 2 heterocycles. The molecule has 0 saturated carbocycles. The maximum absolute atomic E-state index is 9.97. The first-order valence-corrected chi connectivity index (χ1v) is 14.5. The number of hydrogen-bond donors (Lipinski definition) is 1. The van der Waals surface area contributed by atoms with Gasteiger partial charge in [-0.15, -0.1) is 0 Å². The van der Waals surface area contributed by atoms with Crippen LogP contribution in [0.15, 0.2) is 84.9 Å². The number of phenolic OH excluding ortho intramolecular Hbond substituents is 1. The molecular weight excluding hydrogens is 498 g/mol. The molecule has 1 unspecified atom stereocenters. The molecule has 0 aliphatic carbocycles. The number of rotatable bonds is 12. The predicted molar refractivity (Wildman–Crippen MR) is 159 cm³/mol. The number of nitrogens with zero attached hydrogens (tertiary/aromatic N) is 1. The molecule has 3 aromatic carbocycles. The summed E-state index contributed by atoms with van der Waals surface area (Å²) >= 11 is 0. The number of benzene rings is 3. The van der Waals surface area contributed by atoms with Gasteiger partial charge < -0.3 is 19.3 Å². The van der Waals surface area contributed by atoms with Gasteiger partial charge in [0.05, 0.1) is 11.8 Å². The van der Waals surface area contributed by atoms with Gasteiger partial charge in [0.25, 0.3) is 0 Å². The standard InChI is InChI=1S/C35H39NO4/c1-2-8-26-12-14-27(15-13-26)16-21-32-35(29-17-19-30(37)20-18-29)33(39-24-28-9-4-3-5-10-28)23-34(36-32)40-25-31-11-6-7-22-38-31/h3-5,9-10,12-15,17-20,23,31,37H,2,6-8,11,16,21-22,24-25H2,1H3. The van der Waals surface area contributed by atoms with Crippen molar-refractivity contribution in [2.75, 3.05) is 13.2 Å². The molecule has 0 amide bonds. The topological polar surface area (TPSA) is 60.8 Å². The fraction of sp³-hybridized carbons (Fsp3) is 0.343. The largest absolute Gasteiger partial charge is 0.508 e. The number of ether oxygens (including phenoxy) is 3. The molecule has 1 fully saturated rings. The molecule has 1 aliphatic rings. The van der Waals surface area contributed by atoms with Crippen molar-refractivity contribution in [2.24, 2.45) is 0 Å². The lowest BCUT2D eigenvalue weighted by molar-refractivity contribution is -0.0120. The van der Waals surface area contributed by atoms with E-state index in [1.54, 1.807) is 12.1 Å². The van der Waals surface area contributed by atoms with Crippen LogP contribution in [0.3, 0.4) is 0 Å². The Kier molecular flexibility index (Phi) is 9.70. The minimum absolute atomic E-state index is 0.0890. The molecule has 5 heteroatoms. The maximum atomic E-state index is 9.97. The van der Waals surface area contributed by atoms with E-state index in [-0.39, 0.29) is 11.9 Å². The van der Waals surface area contributed by atoms with E-state index in [0.29, 0.717) is 19.1 Å². The Bertz CT molecular complexity index is 1330. The Hall–Kier alpha value is -3.83. The summed E-state index contributed by atoms with van der Waals surface area (Å²) in [6.07, 6.45) is 7.17. The Balaban J connectivity index is 1.47. The summed E-state index contributed by atoms with van der Waals surface area (Å²) in [6.45, 7) is 3.90. The first-order valence-electron chi connectivity index (χ1n) is 14.5.